The zero-order chi connectivity index (χ0) is 28.4. The minimum atomic E-state index is -4.52. The third-order valence-electron chi connectivity index (χ3n) is 7.21. The van der Waals surface area contributed by atoms with E-state index in [2.05, 4.69) is 20.6 Å². The van der Waals surface area contributed by atoms with E-state index in [4.69, 9.17) is 15.2 Å². The monoisotopic (exact) mass is 558 g/mol. The van der Waals surface area contributed by atoms with Gasteiger partial charge in [-0.3, -0.25) is 4.79 Å². The Bertz CT molecular complexity index is 1390. The van der Waals surface area contributed by atoms with Gasteiger partial charge in [0.15, 0.2) is 0 Å². The Morgan fingerprint density at radius 1 is 1.05 bits per heavy atom. The van der Waals surface area contributed by atoms with Crippen molar-refractivity contribution in [1.29, 1.82) is 0 Å². The molecule has 1 unspecified atom stereocenters. The first kappa shape index (κ1) is 27.9. The van der Waals surface area contributed by atoms with E-state index in [9.17, 15) is 18.0 Å². The number of amides is 1. The average molecular weight is 559 g/mol. The number of halogens is 3. The second-order valence-corrected chi connectivity index (χ2v) is 10.2. The smallest absolute Gasteiger partial charge is 0.399 e. The molecule has 1 aromatic heterocycles. The summed E-state index contributed by atoms with van der Waals surface area (Å²) >= 11 is 0. The molecule has 3 aromatic rings. The van der Waals surface area contributed by atoms with Gasteiger partial charge in [-0.05, 0) is 62.6 Å². The normalized spacial score (nSPS) is 17.6. The maximum absolute atomic E-state index is 13.6. The van der Waals surface area contributed by atoms with Crippen molar-refractivity contribution in [2.24, 2.45) is 0 Å². The number of nitrogens with zero attached hydrogens (tertiary/aromatic N) is 3. The maximum Gasteiger partial charge on any atom is 0.416 e. The van der Waals surface area contributed by atoms with Crippen molar-refractivity contribution in [1.82, 2.24) is 14.9 Å². The Balaban J connectivity index is 1.54. The number of morpholine rings is 1. The number of nitrogen functional groups attached to an aromatic ring is 1. The molecular formula is C28H33F3N6O3. The fourth-order valence-electron chi connectivity index (χ4n) is 5.08. The molecule has 9 nitrogen and oxygen atoms in total. The van der Waals surface area contributed by atoms with Crippen LogP contribution in [0.4, 0.5) is 30.4 Å². The van der Waals surface area contributed by atoms with Crippen LogP contribution >= 0.6 is 0 Å². The number of aryl methyl sites for hydroxylation is 1. The van der Waals surface area contributed by atoms with Gasteiger partial charge in [-0.25, -0.2) is 9.97 Å². The van der Waals surface area contributed by atoms with Crippen molar-refractivity contribution >= 4 is 34.0 Å². The predicted molar refractivity (Wildman–Crippen MR) is 146 cm³/mol. The molecule has 2 aliphatic heterocycles. The summed E-state index contributed by atoms with van der Waals surface area (Å²) in [6.07, 6.45) is -2.92. The van der Waals surface area contributed by atoms with Crippen LogP contribution in [-0.2, 0) is 15.7 Å². The molecular weight excluding hydrogens is 525 g/mol. The summed E-state index contributed by atoms with van der Waals surface area (Å²) in [7, 11) is 0. The van der Waals surface area contributed by atoms with Gasteiger partial charge < -0.3 is 30.7 Å². The van der Waals surface area contributed by atoms with Crippen LogP contribution in [0.25, 0.3) is 10.9 Å². The van der Waals surface area contributed by atoms with Gasteiger partial charge in [-0.2, -0.15) is 13.2 Å². The van der Waals surface area contributed by atoms with Crippen molar-refractivity contribution in [2.75, 3.05) is 55.9 Å². The van der Waals surface area contributed by atoms with Crippen molar-refractivity contribution in [3.63, 3.8) is 0 Å². The SMILES string of the molecule is Cc1nc(NC(C)c2cc(N)cc(C(F)(F)F)c2)c2cc(NC3CCOCC3)c(C(=O)N3CCOCC3)cc2n1. The number of ether oxygens (including phenoxy) is 2. The van der Waals surface area contributed by atoms with E-state index in [0.29, 0.717) is 78.9 Å². The first-order valence-corrected chi connectivity index (χ1v) is 13.4. The van der Waals surface area contributed by atoms with Crippen molar-refractivity contribution in [3.8, 4) is 0 Å². The van der Waals surface area contributed by atoms with E-state index in [0.717, 1.165) is 25.0 Å². The van der Waals surface area contributed by atoms with Crippen LogP contribution in [0, 0.1) is 6.92 Å². The molecule has 0 bridgehead atoms. The van der Waals surface area contributed by atoms with Gasteiger partial charge in [0.2, 0.25) is 0 Å². The van der Waals surface area contributed by atoms with E-state index in [1.165, 1.54) is 6.07 Å². The first-order chi connectivity index (χ1) is 19.1. The molecule has 214 valence electrons. The summed E-state index contributed by atoms with van der Waals surface area (Å²) in [6.45, 7) is 6.70. The van der Waals surface area contributed by atoms with Crippen LogP contribution in [0.2, 0.25) is 0 Å². The number of nitrogens with one attached hydrogen (secondary N) is 2. The number of rotatable bonds is 6. The Hall–Kier alpha value is -3.64. The van der Waals surface area contributed by atoms with Crippen LogP contribution in [-0.4, -0.2) is 66.3 Å². The summed E-state index contributed by atoms with van der Waals surface area (Å²) in [4.78, 5) is 24.6. The summed E-state index contributed by atoms with van der Waals surface area (Å²) < 4.78 is 51.2. The van der Waals surface area contributed by atoms with E-state index < -0.39 is 17.8 Å². The molecule has 2 saturated heterocycles. The minimum absolute atomic E-state index is 0.0245. The Labute approximate surface area is 230 Å². The molecule has 2 fully saturated rings. The van der Waals surface area contributed by atoms with Crippen molar-refractivity contribution < 1.29 is 27.4 Å². The number of nitrogens with two attached hydrogens (primary N) is 1. The lowest BCUT2D eigenvalue weighted by atomic mass is 10.0. The molecule has 3 heterocycles. The lowest BCUT2D eigenvalue weighted by molar-refractivity contribution is -0.137. The highest BCUT2D eigenvalue weighted by atomic mass is 19.4. The molecule has 1 amide bonds. The topological polar surface area (TPSA) is 115 Å². The summed E-state index contributed by atoms with van der Waals surface area (Å²) in [6, 6.07) is 6.71. The predicted octanol–water partition coefficient (Wildman–Crippen LogP) is 4.78. The zero-order valence-electron chi connectivity index (χ0n) is 22.5. The highest BCUT2D eigenvalue weighted by Gasteiger charge is 2.31. The van der Waals surface area contributed by atoms with Gasteiger partial charge in [0.25, 0.3) is 5.91 Å². The molecule has 0 radical (unpaired) electrons. The summed E-state index contributed by atoms with van der Waals surface area (Å²) in [5, 5.41) is 7.44. The molecule has 40 heavy (non-hydrogen) atoms. The first-order valence-electron chi connectivity index (χ1n) is 13.4. The number of benzene rings is 2. The lowest BCUT2D eigenvalue weighted by Crippen LogP contribution is -2.41. The second kappa shape index (κ2) is 11.5. The quantitative estimate of drug-likeness (QED) is 0.371. The molecule has 0 saturated carbocycles. The Morgan fingerprint density at radius 3 is 2.45 bits per heavy atom. The van der Waals surface area contributed by atoms with Gasteiger partial charge in [0.05, 0.1) is 35.9 Å². The number of alkyl halides is 3. The molecule has 4 N–H and O–H groups in total. The van der Waals surface area contributed by atoms with Crippen LogP contribution in [0.1, 0.15) is 53.1 Å². The number of anilines is 3. The summed E-state index contributed by atoms with van der Waals surface area (Å²) in [5.74, 6) is 0.797. The number of aromatic nitrogens is 2. The largest absolute Gasteiger partial charge is 0.416 e. The van der Waals surface area contributed by atoms with Gasteiger partial charge in [-0.15, -0.1) is 0 Å². The van der Waals surface area contributed by atoms with E-state index >= 15 is 0 Å². The maximum atomic E-state index is 13.6. The number of fused-ring (bicyclic) bond motifs is 1. The standard InChI is InChI=1S/C28H33F3N6O3/c1-16(18-11-19(28(29,30)31)13-20(32)12-18)33-26-22-14-25(36-21-3-7-39-8-4-21)23(15-24(22)34-17(2)35-26)27(38)37-5-9-40-10-6-37/h11-16,21,36H,3-10,32H2,1-2H3,(H,33,34,35). The molecule has 1 atom stereocenters. The lowest BCUT2D eigenvalue weighted by Gasteiger charge is -2.29. The highest BCUT2D eigenvalue weighted by Crippen LogP contribution is 2.35. The second-order valence-electron chi connectivity index (χ2n) is 10.2. The molecule has 0 aliphatic carbocycles. The van der Waals surface area contributed by atoms with Crippen LogP contribution in [0.15, 0.2) is 30.3 Å². The molecule has 12 heteroatoms. The number of hydrogen-bond donors (Lipinski definition) is 3. The molecule has 0 spiro atoms. The van der Waals surface area contributed by atoms with Gasteiger partial charge in [0, 0.05) is 49.1 Å². The Morgan fingerprint density at radius 2 is 1.75 bits per heavy atom. The van der Waals surface area contributed by atoms with E-state index in [-0.39, 0.29) is 17.6 Å². The molecule has 5 rings (SSSR count). The molecule has 2 aromatic carbocycles. The average Bonchev–Trinajstić information content (AvgIpc) is 2.93. The van der Waals surface area contributed by atoms with Gasteiger partial charge in [-0.1, -0.05) is 0 Å². The number of carbonyl (C=O) groups is 1. The minimum Gasteiger partial charge on any atom is -0.399 e. The highest BCUT2D eigenvalue weighted by molar-refractivity contribution is 6.05. The van der Waals surface area contributed by atoms with Crippen LogP contribution in [0.3, 0.4) is 0 Å². The third kappa shape index (κ3) is 6.23. The third-order valence-corrected chi connectivity index (χ3v) is 7.21. The number of carbonyl (C=O) groups excluding carboxylic acids is 1. The van der Waals surface area contributed by atoms with E-state index in [1.807, 2.05) is 6.07 Å². The molecule has 2 aliphatic rings. The van der Waals surface area contributed by atoms with Gasteiger partial charge in [0.1, 0.15) is 11.6 Å². The van der Waals surface area contributed by atoms with Crippen LogP contribution < -0.4 is 16.4 Å². The summed E-state index contributed by atoms with van der Waals surface area (Å²) in [5.41, 5.74) is 7.10. The van der Waals surface area contributed by atoms with Crippen molar-refractivity contribution in [2.45, 2.75) is 44.9 Å². The van der Waals surface area contributed by atoms with Crippen LogP contribution in [0.5, 0.6) is 0 Å². The fraction of sp³-hybridized carbons (Fsp3) is 0.464. The van der Waals surface area contributed by atoms with E-state index in [1.54, 1.807) is 24.8 Å². The number of hydrogen-bond acceptors (Lipinski definition) is 8. The van der Waals surface area contributed by atoms with Gasteiger partial charge >= 0.3 is 6.18 Å². The Kier molecular flexibility index (Phi) is 7.99. The zero-order valence-corrected chi connectivity index (χ0v) is 22.5. The van der Waals surface area contributed by atoms with Crippen molar-refractivity contribution in [3.05, 3.63) is 52.8 Å². The fourth-order valence-corrected chi connectivity index (χ4v) is 5.08.